The van der Waals surface area contributed by atoms with E-state index in [-0.39, 0.29) is 0 Å². The highest BCUT2D eigenvalue weighted by atomic mass is 14.9. The molecule has 2 heteroatoms. The van der Waals surface area contributed by atoms with Crippen molar-refractivity contribution >= 4 is 5.69 Å². The lowest BCUT2D eigenvalue weighted by molar-refractivity contribution is 0.414. The van der Waals surface area contributed by atoms with Gasteiger partial charge in [-0.15, -0.1) is 0 Å². The molecule has 1 aromatic rings. The first-order valence-electron chi connectivity index (χ1n) is 7.41. The van der Waals surface area contributed by atoms with Crippen molar-refractivity contribution in [1.82, 2.24) is 5.32 Å². The van der Waals surface area contributed by atoms with Gasteiger partial charge in [0.2, 0.25) is 0 Å². The second-order valence-corrected chi connectivity index (χ2v) is 6.00. The SMILES string of the molecule is Nc1cccc(CCCNC(C2CC2)C2CC2)c1. The zero-order valence-corrected chi connectivity index (χ0v) is 11.1. The molecule has 2 saturated carbocycles. The molecule has 0 spiro atoms. The maximum Gasteiger partial charge on any atom is 0.0316 e. The molecule has 98 valence electrons. The number of nitrogen functional groups attached to an aromatic ring is 1. The third-order valence-electron chi connectivity index (χ3n) is 4.23. The van der Waals surface area contributed by atoms with E-state index in [0.717, 1.165) is 36.5 Å². The minimum Gasteiger partial charge on any atom is -0.399 e. The summed E-state index contributed by atoms with van der Waals surface area (Å²) in [4.78, 5) is 0. The Hall–Kier alpha value is -1.02. The maximum absolute atomic E-state index is 5.79. The smallest absolute Gasteiger partial charge is 0.0316 e. The van der Waals surface area contributed by atoms with Gasteiger partial charge in [0.05, 0.1) is 0 Å². The predicted octanol–water partition coefficient (Wildman–Crippen LogP) is 2.98. The summed E-state index contributed by atoms with van der Waals surface area (Å²) in [5.41, 5.74) is 8.04. The van der Waals surface area contributed by atoms with Gasteiger partial charge in [0.25, 0.3) is 0 Å². The summed E-state index contributed by atoms with van der Waals surface area (Å²) in [6.07, 6.45) is 8.21. The van der Waals surface area contributed by atoms with E-state index in [1.807, 2.05) is 6.07 Å². The van der Waals surface area contributed by atoms with Gasteiger partial charge >= 0.3 is 0 Å². The predicted molar refractivity (Wildman–Crippen MR) is 76.4 cm³/mol. The highest BCUT2D eigenvalue weighted by Gasteiger charge is 2.40. The molecule has 0 heterocycles. The van der Waals surface area contributed by atoms with E-state index in [9.17, 15) is 0 Å². The first-order chi connectivity index (χ1) is 8.83. The number of benzene rings is 1. The number of hydrogen-bond donors (Lipinski definition) is 2. The number of nitrogens with two attached hydrogens (primary N) is 1. The molecule has 2 aliphatic carbocycles. The Morgan fingerprint density at radius 1 is 1.17 bits per heavy atom. The Balaban J connectivity index is 1.39. The molecule has 0 amide bonds. The zero-order chi connectivity index (χ0) is 12.4. The van der Waals surface area contributed by atoms with E-state index < -0.39 is 0 Å². The molecule has 0 aromatic heterocycles. The van der Waals surface area contributed by atoms with Crippen LogP contribution in [0.25, 0.3) is 0 Å². The van der Waals surface area contributed by atoms with Gasteiger partial charge in [-0.05, 0) is 74.6 Å². The summed E-state index contributed by atoms with van der Waals surface area (Å²) < 4.78 is 0. The van der Waals surface area contributed by atoms with Crippen LogP contribution < -0.4 is 11.1 Å². The van der Waals surface area contributed by atoms with Crippen molar-refractivity contribution in [2.45, 2.75) is 44.6 Å². The highest BCUT2D eigenvalue weighted by molar-refractivity contribution is 5.40. The minimum atomic E-state index is 0.839. The molecule has 1 aromatic carbocycles. The van der Waals surface area contributed by atoms with Crippen molar-refractivity contribution in [1.29, 1.82) is 0 Å². The van der Waals surface area contributed by atoms with Crippen molar-refractivity contribution in [3.8, 4) is 0 Å². The molecule has 0 radical (unpaired) electrons. The molecule has 2 nitrogen and oxygen atoms in total. The van der Waals surface area contributed by atoms with Crippen LogP contribution >= 0.6 is 0 Å². The van der Waals surface area contributed by atoms with Crippen LogP contribution in [-0.4, -0.2) is 12.6 Å². The molecule has 0 unspecified atom stereocenters. The number of hydrogen-bond acceptors (Lipinski definition) is 2. The number of aryl methyl sites for hydroxylation is 1. The molecule has 0 bridgehead atoms. The van der Waals surface area contributed by atoms with Crippen molar-refractivity contribution in [3.05, 3.63) is 29.8 Å². The van der Waals surface area contributed by atoms with Crippen LogP contribution in [0.4, 0.5) is 5.69 Å². The molecule has 3 rings (SSSR count). The van der Waals surface area contributed by atoms with Gasteiger partial charge in [-0.2, -0.15) is 0 Å². The normalized spacial score (nSPS) is 19.4. The zero-order valence-electron chi connectivity index (χ0n) is 11.1. The van der Waals surface area contributed by atoms with E-state index in [1.54, 1.807) is 0 Å². The van der Waals surface area contributed by atoms with Gasteiger partial charge in [0.15, 0.2) is 0 Å². The monoisotopic (exact) mass is 244 g/mol. The van der Waals surface area contributed by atoms with Crippen LogP contribution in [0.15, 0.2) is 24.3 Å². The molecule has 0 aliphatic heterocycles. The minimum absolute atomic E-state index is 0.839. The first-order valence-corrected chi connectivity index (χ1v) is 7.41. The first kappa shape index (κ1) is 12.0. The maximum atomic E-state index is 5.79. The number of rotatable bonds is 7. The molecule has 0 atom stereocenters. The van der Waals surface area contributed by atoms with Crippen LogP contribution in [0.3, 0.4) is 0 Å². The topological polar surface area (TPSA) is 38.0 Å². The Labute approximate surface area is 110 Å². The molecular weight excluding hydrogens is 220 g/mol. The fourth-order valence-corrected chi connectivity index (χ4v) is 2.94. The van der Waals surface area contributed by atoms with E-state index in [2.05, 4.69) is 23.5 Å². The third kappa shape index (κ3) is 3.26. The standard InChI is InChI=1S/C16H24N2/c17-15-5-1-3-12(11-15)4-2-10-18-16(13-6-7-13)14-8-9-14/h1,3,5,11,13-14,16,18H,2,4,6-10,17H2. The molecule has 2 fully saturated rings. The second kappa shape index (κ2) is 5.31. The van der Waals surface area contributed by atoms with Crippen molar-refractivity contribution in [2.75, 3.05) is 12.3 Å². The fraction of sp³-hybridized carbons (Fsp3) is 0.625. The van der Waals surface area contributed by atoms with Crippen LogP contribution in [0.1, 0.15) is 37.7 Å². The third-order valence-corrected chi connectivity index (χ3v) is 4.23. The Morgan fingerprint density at radius 2 is 1.89 bits per heavy atom. The summed E-state index contributed by atoms with van der Waals surface area (Å²) in [5.74, 6) is 2.01. The van der Waals surface area contributed by atoms with Crippen molar-refractivity contribution in [2.24, 2.45) is 11.8 Å². The van der Waals surface area contributed by atoms with Crippen molar-refractivity contribution in [3.63, 3.8) is 0 Å². The molecular formula is C16H24N2. The lowest BCUT2D eigenvalue weighted by atomic mass is 10.1. The average molecular weight is 244 g/mol. The second-order valence-electron chi connectivity index (χ2n) is 6.00. The molecule has 0 saturated heterocycles. The summed E-state index contributed by atoms with van der Waals surface area (Å²) in [7, 11) is 0. The largest absolute Gasteiger partial charge is 0.399 e. The average Bonchev–Trinajstić information content (AvgIpc) is 3.23. The Bertz CT molecular complexity index is 382. The van der Waals surface area contributed by atoms with Gasteiger partial charge in [0, 0.05) is 11.7 Å². The lowest BCUT2D eigenvalue weighted by Gasteiger charge is -2.17. The van der Waals surface area contributed by atoms with Gasteiger partial charge in [-0.3, -0.25) is 0 Å². The molecule has 2 aliphatic rings. The van der Waals surface area contributed by atoms with E-state index >= 15 is 0 Å². The summed E-state index contributed by atoms with van der Waals surface area (Å²) in [5, 5.41) is 3.80. The summed E-state index contributed by atoms with van der Waals surface area (Å²) in [6.45, 7) is 1.16. The van der Waals surface area contributed by atoms with Crippen LogP contribution in [0.2, 0.25) is 0 Å². The van der Waals surface area contributed by atoms with Crippen LogP contribution in [-0.2, 0) is 6.42 Å². The molecule has 3 N–H and O–H groups in total. The van der Waals surface area contributed by atoms with E-state index in [1.165, 1.54) is 37.7 Å². The summed E-state index contributed by atoms with van der Waals surface area (Å²) in [6, 6.07) is 9.12. The van der Waals surface area contributed by atoms with E-state index in [4.69, 9.17) is 5.73 Å². The Morgan fingerprint density at radius 3 is 2.50 bits per heavy atom. The van der Waals surface area contributed by atoms with Gasteiger partial charge < -0.3 is 11.1 Å². The quantitative estimate of drug-likeness (QED) is 0.571. The fourth-order valence-electron chi connectivity index (χ4n) is 2.94. The highest BCUT2D eigenvalue weighted by Crippen LogP contribution is 2.44. The van der Waals surface area contributed by atoms with E-state index in [0.29, 0.717) is 0 Å². The van der Waals surface area contributed by atoms with Gasteiger partial charge in [0.1, 0.15) is 0 Å². The number of anilines is 1. The van der Waals surface area contributed by atoms with Gasteiger partial charge in [-0.1, -0.05) is 12.1 Å². The number of nitrogens with one attached hydrogen (secondary N) is 1. The summed E-state index contributed by atoms with van der Waals surface area (Å²) >= 11 is 0. The van der Waals surface area contributed by atoms with Crippen LogP contribution in [0.5, 0.6) is 0 Å². The lowest BCUT2D eigenvalue weighted by Crippen LogP contribution is -2.34. The Kier molecular flexibility index (Phi) is 3.55. The van der Waals surface area contributed by atoms with Gasteiger partial charge in [-0.25, -0.2) is 0 Å². The van der Waals surface area contributed by atoms with Crippen molar-refractivity contribution < 1.29 is 0 Å². The molecule has 18 heavy (non-hydrogen) atoms. The van der Waals surface area contributed by atoms with Crippen LogP contribution in [0, 0.1) is 11.8 Å².